The van der Waals surface area contributed by atoms with Crippen LogP contribution in [0.1, 0.15) is 11.6 Å². The monoisotopic (exact) mass is 180 g/mol. The smallest absolute Gasteiger partial charge is 0.0558 e. The Kier molecular flexibility index (Phi) is 4.43. The van der Waals surface area contributed by atoms with Crippen molar-refractivity contribution in [3.8, 4) is 0 Å². The van der Waals surface area contributed by atoms with Crippen molar-refractivity contribution in [2.24, 2.45) is 0 Å². The zero-order chi connectivity index (χ0) is 9.52. The van der Waals surface area contributed by atoms with Gasteiger partial charge in [-0.3, -0.25) is 4.98 Å². The molecule has 3 nitrogen and oxygen atoms in total. The summed E-state index contributed by atoms with van der Waals surface area (Å²) in [5.74, 6) is 0.344. The Bertz CT molecular complexity index is 220. The van der Waals surface area contributed by atoms with Gasteiger partial charge in [-0.15, -0.1) is 0 Å². The number of aromatic nitrogens is 1. The lowest BCUT2D eigenvalue weighted by molar-refractivity contribution is 0.177. The molecule has 0 fully saturated rings. The van der Waals surface area contributed by atoms with E-state index in [9.17, 15) is 0 Å². The first-order chi connectivity index (χ1) is 6.38. The van der Waals surface area contributed by atoms with Gasteiger partial charge < -0.3 is 10.1 Å². The number of hydrogen-bond acceptors (Lipinski definition) is 3. The third-order valence-electron chi connectivity index (χ3n) is 1.92. The predicted octanol–water partition coefficient (Wildman–Crippen LogP) is 1.03. The Hall–Kier alpha value is -0.930. The molecule has 72 valence electrons. The van der Waals surface area contributed by atoms with E-state index in [1.165, 1.54) is 0 Å². The maximum atomic E-state index is 5.13. The summed E-state index contributed by atoms with van der Waals surface area (Å²) in [7, 11) is 3.65. The third-order valence-corrected chi connectivity index (χ3v) is 1.92. The number of pyridine rings is 1. The Morgan fingerprint density at radius 3 is 2.92 bits per heavy atom. The lowest BCUT2D eigenvalue weighted by Crippen LogP contribution is -2.21. The molecule has 0 radical (unpaired) electrons. The highest BCUT2D eigenvalue weighted by Crippen LogP contribution is 2.11. The average molecular weight is 180 g/mol. The van der Waals surface area contributed by atoms with E-state index in [4.69, 9.17) is 4.74 Å². The molecule has 0 spiro atoms. The Balaban J connectivity index is 2.64. The molecule has 0 bridgehead atoms. The Morgan fingerprint density at radius 2 is 2.38 bits per heavy atom. The Morgan fingerprint density at radius 1 is 1.54 bits per heavy atom. The van der Waals surface area contributed by atoms with Gasteiger partial charge in [-0.25, -0.2) is 0 Å². The molecule has 1 heterocycles. The van der Waals surface area contributed by atoms with Gasteiger partial charge in [0.2, 0.25) is 0 Å². The lowest BCUT2D eigenvalue weighted by Gasteiger charge is -2.14. The first-order valence-electron chi connectivity index (χ1n) is 4.43. The van der Waals surface area contributed by atoms with Gasteiger partial charge in [-0.05, 0) is 19.2 Å². The van der Waals surface area contributed by atoms with Crippen LogP contribution in [0, 0.1) is 0 Å². The highest BCUT2D eigenvalue weighted by atomic mass is 16.5. The van der Waals surface area contributed by atoms with Crippen LogP contribution >= 0.6 is 0 Å². The van der Waals surface area contributed by atoms with Crippen LogP contribution in [0.25, 0.3) is 0 Å². The van der Waals surface area contributed by atoms with Crippen LogP contribution in [0.4, 0.5) is 0 Å². The van der Waals surface area contributed by atoms with E-state index in [-0.39, 0.29) is 0 Å². The maximum Gasteiger partial charge on any atom is 0.0558 e. The molecule has 0 aliphatic rings. The van der Waals surface area contributed by atoms with Gasteiger partial charge in [0.1, 0.15) is 0 Å². The Labute approximate surface area is 79.1 Å². The molecule has 1 aromatic heterocycles. The molecule has 1 aromatic rings. The normalized spacial score (nSPS) is 12.8. The van der Waals surface area contributed by atoms with Crippen molar-refractivity contribution in [3.05, 3.63) is 30.1 Å². The molecule has 1 N–H and O–H groups in total. The van der Waals surface area contributed by atoms with Crippen LogP contribution in [0.2, 0.25) is 0 Å². The van der Waals surface area contributed by atoms with Crippen molar-refractivity contribution in [2.75, 3.05) is 27.3 Å². The standard InChI is InChI=1S/C10H16N2O/c1-11-7-9(8-13-2)10-5-3-4-6-12-10/h3-6,9,11H,7-8H2,1-2H3. The van der Waals surface area contributed by atoms with E-state index in [2.05, 4.69) is 10.3 Å². The third kappa shape index (κ3) is 3.13. The van der Waals surface area contributed by atoms with Crippen LogP contribution in [-0.4, -0.2) is 32.3 Å². The molecule has 0 aliphatic carbocycles. The molecule has 0 aliphatic heterocycles. The van der Waals surface area contributed by atoms with Crippen molar-refractivity contribution in [2.45, 2.75) is 5.92 Å². The van der Waals surface area contributed by atoms with Crippen LogP contribution in [0.15, 0.2) is 24.4 Å². The topological polar surface area (TPSA) is 34.1 Å². The highest BCUT2D eigenvalue weighted by Gasteiger charge is 2.10. The van der Waals surface area contributed by atoms with Gasteiger partial charge in [0.25, 0.3) is 0 Å². The van der Waals surface area contributed by atoms with Gasteiger partial charge in [-0.1, -0.05) is 6.07 Å². The number of likely N-dealkylation sites (N-methyl/N-ethyl adjacent to an activating group) is 1. The minimum absolute atomic E-state index is 0.344. The van der Waals surface area contributed by atoms with Gasteiger partial charge >= 0.3 is 0 Å². The van der Waals surface area contributed by atoms with Crippen LogP contribution in [0.5, 0.6) is 0 Å². The van der Waals surface area contributed by atoms with Crippen molar-refractivity contribution in [1.29, 1.82) is 0 Å². The molecule has 1 rings (SSSR count). The molecule has 13 heavy (non-hydrogen) atoms. The molecule has 0 aromatic carbocycles. The molecule has 0 amide bonds. The molecule has 3 heteroatoms. The van der Waals surface area contributed by atoms with Crippen LogP contribution in [-0.2, 0) is 4.74 Å². The molecule has 0 saturated carbocycles. The van der Waals surface area contributed by atoms with Crippen molar-refractivity contribution < 1.29 is 4.74 Å². The number of nitrogens with one attached hydrogen (secondary N) is 1. The summed E-state index contributed by atoms with van der Waals surface area (Å²) in [5, 5.41) is 3.13. The molecular formula is C10H16N2O. The maximum absolute atomic E-state index is 5.13. The zero-order valence-electron chi connectivity index (χ0n) is 8.16. The largest absolute Gasteiger partial charge is 0.384 e. The van der Waals surface area contributed by atoms with E-state index < -0.39 is 0 Å². The van der Waals surface area contributed by atoms with Gasteiger partial charge in [0, 0.05) is 31.5 Å². The number of hydrogen-bond donors (Lipinski definition) is 1. The summed E-state index contributed by atoms with van der Waals surface area (Å²) < 4.78 is 5.13. The van der Waals surface area contributed by atoms with Gasteiger partial charge in [-0.2, -0.15) is 0 Å². The molecule has 1 atom stereocenters. The molecular weight excluding hydrogens is 164 g/mol. The first-order valence-corrected chi connectivity index (χ1v) is 4.43. The fourth-order valence-electron chi connectivity index (χ4n) is 1.31. The fourth-order valence-corrected chi connectivity index (χ4v) is 1.31. The summed E-state index contributed by atoms with van der Waals surface area (Å²) in [6.45, 7) is 1.60. The molecule has 0 saturated heterocycles. The summed E-state index contributed by atoms with van der Waals surface area (Å²) in [6, 6.07) is 5.95. The van der Waals surface area contributed by atoms with Crippen molar-refractivity contribution in [1.82, 2.24) is 10.3 Å². The van der Waals surface area contributed by atoms with Crippen molar-refractivity contribution in [3.63, 3.8) is 0 Å². The van der Waals surface area contributed by atoms with E-state index in [1.54, 1.807) is 7.11 Å². The van der Waals surface area contributed by atoms with E-state index in [0.717, 1.165) is 12.2 Å². The first kappa shape index (κ1) is 10.2. The van der Waals surface area contributed by atoms with Crippen molar-refractivity contribution >= 4 is 0 Å². The van der Waals surface area contributed by atoms with E-state index >= 15 is 0 Å². The van der Waals surface area contributed by atoms with Crippen LogP contribution < -0.4 is 5.32 Å². The summed E-state index contributed by atoms with van der Waals surface area (Å²) >= 11 is 0. The van der Waals surface area contributed by atoms with E-state index in [0.29, 0.717) is 12.5 Å². The van der Waals surface area contributed by atoms with E-state index in [1.807, 2.05) is 31.4 Å². The quantitative estimate of drug-likeness (QED) is 0.735. The minimum Gasteiger partial charge on any atom is -0.384 e. The number of rotatable bonds is 5. The van der Waals surface area contributed by atoms with Crippen LogP contribution in [0.3, 0.4) is 0 Å². The number of ether oxygens (including phenoxy) is 1. The second-order valence-corrected chi connectivity index (χ2v) is 2.96. The second kappa shape index (κ2) is 5.67. The second-order valence-electron chi connectivity index (χ2n) is 2.96. The fraction of sp³-hybridized carbons (Fsp3) is 0.500. The minimum atomic E-state index is 0.344. The van der Waals surface area contributed by atoms with Gasteiger partial charge in [0.15, 0.2) is 0 Å². The SMILES string of the molecule is CNCC(COC)c1ccccn1. The summed E-state index contributed by atoms with van der Waals surface area (Å²) in [6.07, 6.45) is 1.81. The molecule has 1 unspecified atom stereocenters. The average Bonchev–Trinajstić information content (AvgIpc) is 2.19. The summed E-state index contributed by atoms with van der Waals surface area (Å²) in [5.41, 5.74) is 1.08. The van der Waals surface area contributed by atoms with Gasteiger partial charge in [0.05, 0.1) is 6.61 Å². The highest BCUT2D eigenvalue weighted by molar-refractivity contribution is 5.09. The number of methoxy groups -OCH3 is 1. The lowest BCUT2D eigenvalue weighted by atomic mass is 10.1. The predicted molar refractivity (Wildman–Crippen MR) is 52.8 cm³/mol. The number of nitrogens with zero attached hydrogens (tertiary/aromatic N) is 1. The zero-order valence-corrected chi connectivity index (χ0v) is 8.16. The summed E-state index contributed by atoms with van der Waals surface area (Å²) in [4.78, 5) is 4.30.